The number of nitrogens with one attached hydrogen (secondary N) is 1. The van der Waals surface area contributed by atoms with Crippen LogP contribution in [0.1, 0.15) is 12.8 Å². The molecule has 0 saturated heterocycles. The van der Waals surface area contributed by atoms with Crippen molar-refractivity contribution in [2.75, 3.05) is 11.9 Å². The highest BCUT2D eigenvalue weighted by Gasteiger charge is 2.28. The zero-order valence-corrected chi connectivity index (χ0v) is 9.98. The Balaban J connectivity index is 2.06. The molecule has 5 nitrogen and oxygen atoms in total. The first-order valence-corrected chi connectivity index (χ1v) is 5.89. The van der Waals surface area contributed by atoms with Gasteiger partial charge in [0.1, 0.15) is 5.69 Å². The third kappa shape index (κ3) is 3.08. The van der Waals surface area contributed by atoms with Crippen LogP contribution in [0.15, 0.2) is 18.2 Å². The monoisotopic (exact) mass is 255 g/mol. The van der Waals surface area contributed by atoms with Crippen molar-refractivity contribution in [1.29, 1.82) is 0 Å². The molecule has 0 aromatic heterocycles. The van der Waals surface area contributed by atoms with Crippen molar-refractivity contribution >= 4 is 23.0 Å². The van der Waals surface area contributed by atoms with Gasteiger partial charge in [0.2, 0.25) is 0 Å². The highest BCUT2D eigenvalue weighted by molar-refractivity contribution is 6.30. The SMILES string of the molecule is NC(CNc1ccc(Cl)cc1[N+](=O)[O-])C1CC1. The number of nitrogens with zero attached hydrogens (tertiary/aromatic N) is 1. The van der Waals surface area contributed by atoms with E-state index in [1.165, 1.54) is 6.07 Å². The maximum atomic E-state index is 10.8. The van der Waals surface area contributed by atoms with Crippen LogP contribution in [0.4, 0.5) is 11.4 Å². The predicted molar refractivity (Wildman–Crippen MR) is 67.3 cm³/mol. The first-order chi connectivity index (χ1) is 8.08. The minimum atomic E-state index is -0.448. The lowest BCUT2D eigenvalue weighted by Gasteiger charge is -2.12. The van der Waals surface area contributed by atoms with Gasteiger partial charge in [0.25, 0.3) is 5.69 Å². The smallest absolute Gasteiger partial charge is 0.293 e. The summed E-state index contributed by atoms with van der Waals surface area (Å²) < 4.78 is 0. The number of halogens is 1. The third-order valence-corrected chi connectivity index (χ3v) is 3.15. The van der Waals surface area contributed by atoms with Crippen LogP contribution in [-0.2, 0) is 0 Å². The predicted octanol–water partition coefficient (Wildman–Crippen LogP) is 2.40. The summed E-state index contributed by atoms with van der Waals surface area (Å²) in [7, 11) is 0. The summed E-state index contributed by atoms with van der Waals surface area (Å²) in [4.78, 5) is 10.4. The summed E-state index contributed by atoms with van der Waals surface area (Å²) in [6.07, 6.45) is 2.32. The summed E-state index contributed by atoms with van der Waals surface area (Å²) >= 11 is 5.73. The number of hydrogen-bond acceptors (Lipinski definition) is 4. The molecular formula is C11H14ClN3O2. The lowest BCUT2D eigenvalue weighted by Crippen LogP contribution is -2.31. The summed E-state index contributed by atoms with van der Waals surface area (Å²) in [5, 5.41) is 14.2. The van der Waals surface area contributed by atoms with E-state index >= 15 is 0 Å². The molecule has 1 fully saturated rings. The van der Waals surface area contributed by atoms with Gasteiger partial charge in [0.05, 0.1) is 4.92 Å². The van der Waals surface area contributed by atoms with Gasteiger partial charge in [-0.05, 0) is 30.9 Å². The second kappa shape index (κ2) is 4.89. The molecule has 0 aliphatic heterocycles. The highest BCUT2D eigenvalue weighted by Crippen LogP contribution is 2.32. The second-order valence-corrected chi connectivity index (χ2v) is 4.74. The average Bonchev–Trinajstić information content (AvgIpc) is 3.10. The molecule has 0 radical (unpaired) electrons. The minimum Gasteiger partial charge on any atom is -0.378 e. The van der Waals surface area contributed by atoms with E-state index in [1.54, 1.807) is 12.1 Å². The van der Waals surface area contributed by atoms with Gasteiger partial charge in [-0.2, -0.15) is 0 Å². The van der Waals surface area contributed by atoms with Crippen LogP contribution in [0.3, 0.4) is 0 Å². The van der Waals surface area contributed by atoms with Crippen LogP contribution in [0.5, 0.6) is 0 Å². The van der Waals surface area contributed by atoms with Crippen LogP contribution in [0.25, 0.3) is 0 Å². The van der Waals surface area contributed by atoms with E-state index in [0.29, 0.717) is 23.2 Å². The summed E-state index contributed by atoms with van der Waals surface area (Å²) in [5.41, 5.74) is 6.38. The molecule has 17 heavy (non-hydrogen) atoms. The van der Waals surface area contributed by atoms with Crippen molar-refractivity contribution in [3.63, 3.8) is 0 Å². The van der Waals surface area contributed by atoms with E-state index in [1.807, 2.05) is 0 Å². The molecule has 0 amide bonds. The van der Waals surface area contributed by atoms with Crippen molar-refractivity contribution in [2.45, 2.75) is 18.9 Å². The average molecular weight is 256 g/mol. The largest absolute Gasteiger partial charge is 0.378 e. The second-order valence-electron chi connectivity index (χ2n) is 4.30. The Morgan fingerprint density at radius 2 is 2.29 bits per heavy atom. The van der Waals surface area contributed by atoms with Crippen molar-refractivity contribution in [2.24, 2.45) is 11.7 Å². The molecule has 1 aliphatic carbocycles. The van der Waals surface area contributed by atoms with Crippen LogP contribution in [0.2, 0.25) is 5.02 Å². The van der Waals surface area contributed by atoms with Gasteiger partial charge < -0.3 is 11.1 Å². The summed E-state index contributed by atoms with van der Waals surface area (Å²) in [6.45, 7) is 0.549. The molecule has 1 aliphatic rings. The number of hydrogen-bond donors (Lipinski definition) is 2. The fourth-order valence-corrected chi connectivity index (χ4v) is 1.89. The van der Waals surface area contributed by atoms with E-state index in [2.05, 4.69) is 5.32 Å². The van der Waals surface area contributed by atoms with E-state index in [9.17, 15) is 10.1 Å². The summed E-state index contributed by atoms with van der Waals surface area (Å²) in [6, 6.07) is 4.64. The molecule has 0 spiro atoms. The lowest BCUT2D eigenvalue weighted by molar-refractivity contribution is -0.383. The molecule has 2 rings (SSSR count). The zero-order valence-electron chi connectivity index (χ0n) is 9.23. The normalized spacial score (nSPS) is 16.6. The van der Waals surface area contributed by atoms with Crippen LogP contribution in [-0.4, -0.2) is 17.5 Å². The molecular weight excluding hydrogens is 242 g/mol. The molecule has 3 N–H and O–H groups in total. The first kappa shape index (κ1) is 12.1. The number of nitro benzene ring substituents is 1. The van der Waals surface area contributed by atoms with Crippen molar-refractivity contribution in [3.05, 3.63) is 33.3 Å². The molecule has 1 saturated carbocycles. The number of nitro groups is 1. The van der Waals surface area contributed by atoms with Crippen LogP contribution < -0.4 is 11.1 Å². The Labute approximate surface area is 104 Å². The zero-order chi connectivity index (χ0) is 12.4. The molecule has 0 heterocycles. The van der Waals surface area contributed by atoms with E-state index in [0.717, 1.165) is 12.8 Å². The number of benzene rings is 1. The molecule has 1 unspecified atom stereocenters. The van der Waals surface area contributed by atoms with Gasteiger partial charge in [-0.1, -0.05) is 11.6 Å². The van der Waals surface area contributed by atoms with Gasteiger partial charge in [0, 0.05) is 23.7 Å². The highest BCUT2D eigenvalue weighted by atomic mass is 35.5. The molecule has 1 aromatic rings. The first-order valence-electron chi connectivity index (χ1n) is 5.51. The van der Waals surface area contributed by atoms with Gasteiger partial charge >= 0.3 is 0 Å². The maximum Gasteiger partial charge on any atom is 0.293 e. The quantitative estimate of drug-likeness (QED) is 0.625. The fraction of sp³-hybridized carbons (Fsp3) is 0.455. The Kier molecular flexibility index (Phi) is 3.49. The molecule has 1 atom stereocenters. The summed E-state index contributed by atoms with van der Waals surface area (Å²) in [5.74, 6) is 0.564. The Bertz CT molecular complexity index is 435. The van der Waals surface area contributed by atoms with Crippen molar-refractivity contribution < 1.29 is 4.92 Å². The van der Waals surface area contributed by atoms with E-state index < -0.39 is 4.92 Å². The standard InChI is InChI=1S/C11H14ClN3O2/c12-8-3-4-10(11(5-8)15(16)17)14-6-9(13)7-1-2-7/h3-5,7,9,14H,1-2,6,13H2. The van der Waals surface area contributed by atoms with Gasteiger partial charge in [0.15, 0.2) is 0 Å². The van der Waals surface area contributed by atoms with Crippen LogP contribution >= 0.6 is 11.6 Å². The number of rotatable bonds is 5. The maximum absolute atomic E-state index is 10.8. The van der Waals surface area contributed by atoms with E-state index in [4.69, 9.17) is 17.3 Å². The van der Waals surface area contributed by atoms with Crippen LogP contribution in [0, 0.1) is 16.0 Å². The molecule has 1 aromatic carbocycles. The molecule has 0 bridgehead atoms. The third-order valence-electron chi connectivity index (χ3n) is 2.91. The van der Waals surface area contributed by atoms with Gasteiger partial charge in [-0.3, -0.25) is 10.1 Å². The molecule has 6 heteroatoms. The van der Waals surface area contributed by atoms with Crippen molar-refractivity contribution in [1.82, 2.24) is 0 Å². The van der Waals surface area contributed by atoms with Gasteiger partial charge in [-0.15, -0.1) is 0 Å². The fourth-order valence-electron chi connectivity index (χ4n) is 1.72. The number of nitrogens with two attached hydrogens (primary N) is 1. The van der Waals surface area contributed by atoms with E-state index in [-0.39, 0.29) is 11.7 Å². The Hall–Kier alpha value is -1.33. The number of anilines is 1. The molecule has 92 valence electrons. The van der Waals surface area contributed by atoms with Gasteiger partial charge in [-0.25, -0.2) is 0 Å². The Morgan fingerprint density at radius 1 is 1.59 bits per heavy atom. The Morgan fingerprint density at radius 3 is 2.88 bits per heavy atom. The topological polar surface area (TPSA) is 81.2 Å². The minimum absolute atomic E-state index is 0.0134. The lowest BCUT2D eigenvalue weighted by atomic mass is 10.2. The van der Waals surface area contributed by atoms with Crippen molar-refractivity contribution in [3.8, 4) is 0 Å².